The van der Waals surface area contributed by atoms with Crippen molar-refractivity contribution < 1.29 is 19.7 Å². The van der Waals surface area contributed by atoms with Gasteiger partial charge in [-0.15, -0.1) is 0 Å². The summed E-state index contributed by atoms with van der Waals surface area (Å²) in [6.07, 6.45) is -2.46. The number of rotatable bonds is 1. The Labute approximate surface area is 80.7 Å². The zero-order chi connectivity index (χ0) is 10.1. The molecular formula is C10H10O4. The number of fused-ring (bicyclic) bond motifs is 1. The first kappa shape index (κ1) is 9.18. The van der Waals surface area contributed by atoms with Crippen molar-refractivity contribution >= 4 is 5.78 Å². The minimum Gasteiger partial charge on any atom is -0.484 e. The molecule has 74 valence electrons. The summed E-state index contributed by atoms with van der Waals surface area (Å²) in [5, 5.41) is 17.8. The van der Waals surface area contributed by atoms with Crippen molar-refractivity contribution in [2.75, 3.05) is 0 Å². The number of hydrogen-bond donors (Lipinski definition) is 2. The van der Waals surface area contributed by atoms with Crippen LogP contribution >= 0.6 is 0 Å². The molecule has 0 saturated carbocycles. The summed E-state index contributed by atoms with van der Waals surface area (Å²) < 4.78 is 5.24. The highest BCUT2D eigenvalue weighted by Gasteiger charge is 2.29. The van der Waals surface area contributed by atoms with Gasteiger partial charge in [0.05, 0.1) is 12.0 Å². The monoisotopic (exact) mass is 194 g/mol. The molecule has 0 aliphatic carbocycles. The molecule has 0 amide bonds. The standard InChI is InChI=1S/C10H10O4/c11-7-5-9(10(12)13)14-8-4-2-1-3-6(7)8/h1-4,9-10,12-13H,5H2. The highest BCUT2D eigenvalue weighted by atomic mass is 16.6. The Morgan fingerprint density at radius 1 is 1.36 bits per heavy atom. The Kier molecular flexibility index (Phi) is 2.23. The largest absolute Gasteiger partial charge is 0.484 e. The van der Waals surface area contributed by atoms with Gasteiger partial charge >= 0.3 is 0 Å². The van der Waals surface area contributed by atoms with Gasteiger partial charge in [-0.1, -0.05) is 12.1 Å². The first-order valence-corrected chi connectivity index (χ1v) is 4.33. The normalized spacial score (nSPS) is 20.5. The predicted octanol–water partition coefficient (Wildman–Crippen LogP) is 0.331. The fourth-order valence-electron chi connectivity index (χ4n) is 1.46. The van der Waals surface area contributed by atoms with Crippen LogP contribution in [0.15, 0.2) is 24.3 Å². The number of carbonyl (C=O) groups excluding carboxylic acids is 1. The molecule has 1 atom stereocenters. The highest BCUT2D eigenvalue weighted by Crippen LogP contribution is 2.27. The van der Waals surface area contributed by atoms with E-state index in [-0.39, 0.29) is 12.2 Å². The van der Waals surface area contributed by atoms with E-state index >= 15 is 0 Å². The molecule has 1 aromatic rings. The molecule has 0 bridgehead atoms. The van der Waals surface area contributed by atoms with E-state index in [1.54, 1.807) is 24.3 Å². The molecule has 0 fully saturated rings. The Morgan fingerprint density at radius 3 is 2.79 bits per heavy atom. The Hall–Kier alpha value is -1.39. The highest BCUT2D eigenvalue weighted by molar-refractivity contribution is 5.99. The van der Waals surface area contributed by atoms with E-state index in [9.17, 15) is 4.79 Å². The lowest BCUT2D eigenvalue weighted by Gasteiger charge is -2.25. The molecular weight excluding hydrogens is 184 g/mol. The summed E-state index contributed by atoms with van der Waals surface area (Å²) in [4.78, 5) is 11.5. The first-order chi connectivity index (χ1) is 6.68. The van der Waals surface area contributed by atoms with Gasteiger partial charge in [-0.25, -0.2) is 0 Å². The lowest BCUT2D eigenvalue weighted by Crippen LogP contribution is -2.37. The van der Waals surface area contributed by atoms with E-state index in [1.165, 1.54) is 0 Å². The minimum absolute atomic E-state index is 0.00861. The maximum atomic E-state index is 11.5. The zero-order valence-electron chi connectivity index (χ0n) is 7.38. The fourth-order valence-corrected chi connectivity index (χ4v) is 1.46. The molecule has 0 saturated heterocycles. The molecule has 1 heterocycles. The van der Waals surface area contributed by atoms with E-state index in [4.69, 9.17) is 14.9 Å². The van der Waals surface area contributed by atoms with Gasteiger partial charge in [-0.3, -0.25) is 4.79 Å². The number of aliphatic hydroxyl groups excluding tert-OH is 1. The zero-order valence-corrected chi connectivity index (χ0v) is 7.38. The van der Waals surface area contributed by atoms with E-state index in [0.29, 0.717) is 11.3 Å². The SMILES string of the molecule is O=C1CC(C(O)O)Oc2ccccc21. The third-order valence-electron chi connectivity index (χ3n) is 2.18. The Balaban J connectivity index is 2.33. The van der Waals surface area contributed by atoms with Crippen LogP contribution in [0.2, 0.25) is 0 Å². The lowest BCUT2D eigenvalue weighted by molar-refractivity contribution is -0.112. The van der Waals surface area contributed by atoms with Crippen LogP contribution < -0.4 is 4.74 Å². The van der Waals surface area contributed by atoms with Crippen LogP contribution in [0, 0.1) is 0 Å². The maximum Gasteiger partial charge on any atom is 0.190 e. The van der Waals surface area contributed by atoms with Gasteiger partial charge in [0.2, 0.25) is 0 Å². The molecule has 0 spiro atoms. The molecule has 1 aromatic carbocycles. The Bertz CT molecular complexity index is 359. The number of hydrogen-bond acceptors (Lipinski definition) is 4. The molecule has 0 radical (unpaired) electrons. The molecule has 1 unspecified atom stereocenters. The second-order valence-electron chi connectivity index (χ2n) is 3.19. The topological polar surface area (TPSA) is 66.8 Å². The third kappa shape index (κ3) is 1.49. The number of ketones is 1. The number of aliphatic hydroxyl groups is 2. The van der Waals surface area contributed by atoms with Crippen molar-refractivity contribution in [3.05, 3.63) is 29.8 Å². The predicted molar refractivity (Wildman–Crippen MR) is 48.0 cm³/mol. The number of carbonyl (C=O) groups is 1. The van der Waals surface area contributed by atoms with Gasteiger partial charge < -0.3 is 14.9 Å². The van der Waals surface area contributed by atoms with Gasteiger partial charge in [0.15, 0.2) is 18.2 Å². The minimum atomic E-state index is -1.62. The van der Waals surface area contributed by atoms with Crippen molar-refractivity contribution in [1.82, 2.24) is 0 Å². The fraction of sp³-hybridized carbons (Fsp3) is 0.300. The molecule has 4 heteroatoms. The molecule has 1 aliphatic heterocycles. The molecule has 0 aromatic heterocycles. The first-order valence-electron chi connectivity index (χ1n) is 4.33. The lowest BCUT2D eigenvalue weighted by atomic mass is 10.0. The van der Waals surface area contributed by atoms with Gasteiger partial charge in [0.25, 0.3) is 0 Å². The van der Waals surface area contributed by atoms with Crippen LogP contribution in [0.5, 0.6) is 5.75 Å². The number of benzene rings is 1. The second-order valence-corrected chi connectivity index (χ2v) is 3.19. The van der Waals surface area contributed by atoms with Gasteiger partial charge in [0.1, 0.15) is 5.75 Å². The van der Waals surface area contributed by atoms with Crippen LogP contribution in [-0.4, -0.2) is 28.4 Å². The summed E-state index contributed by atoms with van der Waals surface area (Å²) >= 11 is 0. The van der Waals surface area contributed by atoms with Gasteiger partial charge in [-0.2, -0.15) is 0 Å². The quantitative estimate of drug-likeness (QED) is 0.632. The summed E-state index contributed by atoms with van der Waals surface area (Å²) in [6, 6.07) is 6.79. The van der Waals surface area contributed by atoms with Gasteiger partial charge in [-0.05, 0) is 12.1 Å². The summed E-state index contributed by atoms with van der Waals surface area (Å²) in [7, 11) is 0. The average Bonchev–Trinajstić information content (AvgIpc) is 2.17. The number of ether oxygens (including phenoxy) is 1. The third-order valence-corrected chi connectivity index (χ3v) is 2.18. The summed E-state index contributed by atoms with van der Waals surface area (Å²) in [5.41, 5.74) is 0.504. The van der Waals surface area contributed by atoms with Gasteiger partial charge in [0, 0.05) is 0 Å². The summed E-state index contributed by atoms with van der Waals surface area (Å²) in [6.45, 7) is 0. The van der Waals surface area contributed by atoms with E-state index in [0.717, 1.165) is 0 Å². The van der Waals surface area contributed by atoms with Crippen LogP contribution in [0.25, 0.3) is 0 Å². The van der Waals surface area contributed by atoms with Crippen molar-refractivity contribution in [3.8, 4) is 5.75 Å². The summed E-state index contributed by atoms with van der Waals surface area (Å²) in [5.74, 6) is 0.298. The van der Waals surface area contributed by atoms with Crippen LogP contribution in [0.3, 0.4) is 0 Å². The van der Waals surface area contributed by atoms with Crippen LogP contribution in [0.1, 0.15) is 16.8 Å². The maximum absolute atomic E-state index is 11.5. The molecule has 4 nitrogen and oxygen atoms in total. The number of para-hydroxylation sites is 1. The average molecular weight is 194 g/mol. The van der Waals surface area contributed by atoms with E-state index < -0.39 is 12.4 Å². The molecule has 1 aliphatic rings. The van der Waals surface area contributed by atoms with Crippen LogP contribution in [0.4, 0.5) is 0 Å². The van der Waals surface area contributed by atoms with Crippen molar-refractivity contribution in [1.29, 1.82) is 0 Å². The van der Waals surface area contributed by atoms with E-state index in [2.05, 4.69) is 0 Å². The van der Waals surface area contributed by atoms with E-state index in [1.807, 2.05) is 0 Å². The molecule has 14 heavy (non-hydrogen) atoms. The number of Topliss-reactive ketones (excluding diaryl/α,β-unsaturated/α-hetero) is 1. The van der Waals surface area contributed by atoms with Crippen molar-refractivity contribution in [2.24, 2.45) is 0 Å². The van der Waals surface area contributed by atoms with Crippen molar-refractivity contribution in [3.63, 3.8) is 0 Å². The molecule has 2 rings (SSSR count). The smallest absolute Gasteiger partial charge is 0.190 e. The van der Waals surface area contributed by atoms with Crippen LogP contribution in [-0.2, 0) is 0 Å². The second kappa shape index (κ2) is 3.40. The van der Waals surface area contributed by atoms with Crippen molar-refractivity contribution in [2.45, 2.75) is 18.8 Å². The Morgan fingerprint density at radius 2 is 2.07 bits per heavy atom. The molecule has 2 N–H and O–H groups in total.